The summed E-state index contributed by atoms with van der Waals surface area (Å²) in [6.45, 7) is 11.8. The molecule has 2 heterocycles. The number of phosphoric acid groups is 1. The van der Waals surface area contributed by atoms with Gasteiger partial charge in [-0.2, -0.15) is 0 Å². The highest BCUT2D eigenvalue weighted by Crippen LogP contribution is 2.52. The van der Waals surface area contributed by atoms with Crippen molar-refractivity contribution in [3.63, 3.8) is 0 Å². The summed E-state index contributed by atoms with van der Waals surface area (Å²) in [6.07, 6.45) is 0.764. The van der Waals surface area contributed by atoms with Crippen molar-refractivity contribution in [2.75, 3.05) is 45.8 Å². The van der Waals surface area contributed by atoms with Gasteiger partial charge in [0.05, 0.1) is 45.3 Å². The summed E-state index contributed by atoms with van der Waals surface area (Å²) >= 11 is 0. The molecule has 0 aliphatic carbocycles. The SMILES string of the molecule is CCCCOC1[C@@H](CCP(=O)(OCC)OCCOP(=O)(OCC)OCC)O[C@@H]2OC(C)(C)O[C@@H]12. The number of fused-ring (bicyclic) bond motifs is 1. The molecule has 2 aliphatic heterocycles. The van der Waals surface area contributed by atoms with Crippen molar-refractivity contribution >= 4 is 15.4 Å². The third-order valence-corrected chi connectivity index (χ3v) is 8.79. The molecule has 0 N–H and O–H groups in total. The maximum absolute atomic E-state index is 13.3. The van der Waals surface area contributed by atoms with Crippen LogP contribution in [0.2, 0.25) is 0 Å². The van der Waals surface area contributed by atoms with Crippen molar-refractivity contribution in [2.45, 2.75) is 91.2 Å². The minimum atomic E-state index is -3.67. The maximum Gasteiger partial charge on any atom is 0.474 e. The van der Waals surface area contributed by atoms with Crippen molar-refractivity contribution in [1.82, 2.24) is 0 Å². The summed E-state index contributed by atoms with van der Waals surface area (Å²) in [6, 6.07) is 0. The average Bonchev–Trinajstić information content (AvgIpc) is 3.22. The first kappa shape index (κ1) is 30.3. The normalized spacial score (nSPS) is 28.2. The Morgan fingerprint density at radius 1 is 0.824 bits per heavy atom. The molecule has 5 atom stereocenters. The van der Waals surface area contributed by atoms with E-state index in [1.807, 2.05) is 13.8 Å². The minimum absolute atomic E-state index is 0.102. The fraction of sp³-hybridized carbons (Fsp3) is 1.00. The third kappa shape index (κ3) is 9.20. The molecule has 0 aromatic heterocycles. The predicted octanol–water partition coefficient (Wildman–Crippen LogP) is 4.88. The first-order valence-corrected chi connectivity index (χ1v) is 15.3. The monoisotopic (exact) mass is 532 g/mol. The van der Waals surface area contributed by atoms with Crippen molar-refractivity contribution in [3.05, 3.63) is 0 Å². The molecule has 2 unspecified atom stereocenters. The number of ether oxygens (including phenoxy) is 4. The van der Waals surface area contributed by atoms with E-state index in [-0.39, 0.29) is 57.5 Å². The lowest BCUT2D eigenvalue weighted by Crippen LogP contribution is -2.37. The highest BCUT2D eigenvalue weighted by atomic mass is 31.2. The first-order valence-electron chi connectivity index (χ1n) is 12.1. The summed E-state index contributed by atoms with van der Waals surface area (Å²) in [5.74, 6) is -0.751. The molecule has 202 valence electrons. The molecule has 0 amide bonds. The Hall–Kier alpha value is 0.100. The second-order valence-corrected chi connectivity index (χ2v) is 12.2. The van der Waals surface area contributed by atoms with E-state index in [2.05, 4.69) is 6.92 Å². The topological polar surface area (TPSA) is 117 Å². The molecule has 0 aromatic rings. The van der Waals surface area contributed by atoms with E-state index in [9.17, 15) is 9.13 Å². The Morgan fingerprint density at radius 3 is 2.09 bits per heavy atom. The Balaban J connectivity index is 1.92. The van der Waals surface area contributed by atoms with Gasteiger partial charge in [0, 0.05) is 6.61 Å². The van der Waals surface area contributed by atoms with E-state index >= 15 is 0 Å². The molecule has 34 heavy (non-hydrogen) atoms. The second-order valence-electron chi connectivity index (χ2n) is 8.32. The summed E-state index contributed by atoms with van der Waals surface area (Å²) in [4.78, 5) is 0. The van der Waals surface area contributed by atoms with E-state index in [0.29, 0.717) is 13.0 Å². The van der Waals surface area contributed by atoms with Gasteiger partial charge < -0.3 is 28.0 Å². The van der Waals surface area contributed by atoms with Gasteiger partial charge in [0.2, 0.25) is 0 Å². The van der Waals surface area contributed by atoms with Crippen LogP contribution in [-0.2, 0) is 50.7 Å². The van der Waals surface area contributed by atoms with E-state index in [0.717, 1.165) is 12.8 Å². The lowest BCUT2D eigenvalue weighted by atomic mass is 10.1. The van der Waals surface area contributed by atoms with Crippen LogP contribution in [0.15, 0.2) is 0 Å². The van der Waals surface area contributed by atoms with E-state index in [1.165, 1.54) is 0 Å². The Morgan fingerprint density at radius 2 is 1.47 bits per heavy atom. The first-order chi connectivity index (χ1) is 16.1. The lowest BCUT2D eigenvalue weighted by Gasteiger charge is -2.27. The molecule has 13 heteroatoms. The summed E-state index contributed by atoms with van der Waals surface area (Å²) < 4.78 is 76.0. The van der Waals surface area contributed by atoms with Crippen molar-refractivity contribution in [3.8, 4) is 0 Å². The molecular formula is C21H42O11P2. The van der Waals surface area contributed by atoms with Crippen LogP contribution < -0.4 is 0 Å². The van der Waals surface area contributed by atoms with Gasteiger partial charge in [0.1, 0.15) is 12.2 Å². The molecule has 2 fully saturated rings. The highest BCUT2D eigenvalue weighted by molar-refractivity contribution is 7.53. The van der Waals surface area contributed by atoms with Crippen LogP contribution >= 0.6 is 15.4 Å². The summed E-state index contributed by atoms with van der Waals surface area (Å²) in [7, 11) is -7.13. The van der Waals surface area contributed by atoms with Crippen molar-refractivity contribution in [1.29, 1.82) is 0 Å². The van der Waals surface area contributed by atoms with E-state index in [4.69, 9.17) is 41.6 Å². The minimum Gasteiger partial charge on any atom is -0.373 e. The van der Waals surface area contributed by atoms with E-state index < -0.39 is 27.5 Å². The quantitative estimate of drug-likeness (QED) is 0.178. The van der Waals surface area contributed by atoms with Crippen LogP contribution in [0.5, 0.6) is 0 Å². The van der Waals surface area contributed by atoms with Crippen molar-refractivity contribution in [2.24, 2.45) is 0 Å². The molecule has 11 nitrogen and oxygen atoms in total. The van der Waals surface area contributed by atoms with Gasteiger partial charge in [-0.25, -0.2) is 4.57 Å². The molecule has 2 rings (SSSR count). The number of hydrogen-bond acceptors (Lipinski definition) is 11. The number of phosphoric ester groups is 1. The largest absolute Gasteiger partial charge is 0.474 e. The zero-order valence-corrected chi connectivity index (χ0v) is 23.1. The second kappa shape index (κ2) is 14.1. The third-order valence-electron chi connectivity index (χ3n) is 5.10. The molecule has 0 spiro atoms. The van der Waals surface area contributed by atoms with Gasteiger partial charge in [-0.1, -0.05) is 13.3 Å². The van der Waals surface area contributed by atoms with Gasteiger partial charge in [-0.3, -0.25) is 18.1 Å². The van der Waals surface area contributed by atoms with Gasteiger partial charge in [-0.05, 0) is 47.5 Å². The lowest BCUT2D eigenvalue weighted by molar-refractivity contribution is -0.218. The van der Waals surface area contributed by atoms with Crippen LogP contribution in [0.25, 0.3) is 0 Å². The zero-order chi connectivity index (χ0) is 25.2. The van der Waals surface area contributed by atoms with Crippen LogP contribution in [0.1, 0.15) is 60.8 Å². The van der Waals surface area contributed by atoms with Crippen LogP contribution in [-0.4, -0.2) is 76.2 Å². The van der Waals surface area contributed by atoms with Crippen LogP contribution in [0, 0.1) is 0 Å². The molecule has 2 saturated heterocycles. The number of unbranched alkanes of at least 4 members (excludes halogenated alkanes) is 1. The van der Waals surface area contributed by atoms with Crippen LogP contribution in [0.4, 0.5) is 0 Å². The molecule has 0 radical (unpaired) electrons. The maximum atomic E-state index is 13.3. The highest BCUT2D eigenvalue weighted by Gasteiger charge is 2.55. The Bertz CT molecular complexity index is 680. The van der Waals surface area contributed by atoms with Crippen molar-refractivity contribution < 1.29 is 50.7 Å². The summed E-state index contributed by atoms with van der Waals surface area (Å²) in [5.41, 5.74) is 0. The predicted molar refractivity (Wildman–Crippen MR) is 125 cm³/mol. The van der Waals surface area contributed by atoms with E-state index in [1.54, 1.807) is 20.8 Å². The smallest absolute Gasteiger partial charge is 0.373 e. The van der Waals surface area contributed by atoms with Gasteiger partial charge in [-0.15, -0.1) is 0 Å². The van der Waals surface area contributed by atoms with Gasteiger partial charge in [0.15, 0.2) is 12.1 Å². The molecule has 2 aliphatic rings. The van der Waals surface area contributed by atoms with Gasteiger partial charge >= 0.3 is 15.4 Å². The average molecular weight is 533 g/mol. The Labute approximate surface area is 203 Å². The fourth-order valence-corrected chi connectivity index (χ4v) is 6.55. The summed E-state index contributed by atoms with van der Waals surface area (Å²) in [5, 5.41) is 0. The molecular weight excluding hydrogens is 490 g/mol. The van der Waals surface area contributed by atoms with Crippen LogP contribution in [0.3, 0.4) is 0 Å². The Kier molecular flexibility index (Phi) is 12.6. The fourth-order valence-electron chi connectivity index (χ4n) is 3.75. The van der Waals surface area contributed by atoms with Gasteiger partial charge in [0.25, 0.3) is 0 Å². The standard InChI is InChI=1S/C21H42O11P2/c1-7-11-13-24-18-17(30-20-19(18)31-21(5,6)32-20)12-16-33(22,25-8-2)28-14-15-29-34(23,26-9-3)27-10-4/h17-20H,7-16H2,1-6H3/t17-,18?,19+,20-,33?/m1/s1. The molecule has 0 aromatic carbocycles. The molecule has 0 saturated carbocycles. The number of hydrogen-bond donors (Lipinski definition) is 0. The zero-order valence-electron chi connectivity index (χ0n) is 21.3. The number of rotatable bonds is 18. The molecule has 0 bridgehead atoms.